The molecule has 1 amide bonds. The predicted molar refractivity (Wildman–Crippen MR) is 86.5 cm³/mol. The van der Waals surface area contributed by atoms with Gasteiger partial charge in [-0.1, -0.05) is 24.3 Å². The lowest BCUT2D eigenvalue weighted by Gasteiger charge is -2.07. The zero-order valence-corrected chi connectivity index (χ0v) is 12.4. The Morgan fingerprint density at radius 1 is 1.19 bits per heavy atom. The molecule has 0 unspecified atom stereocenters. The van der Waals surface area contributed by atoms with Crippen molar-refractivity contribution in [3.63, 3.8) is 0 Å². The van der Waals surface area contributed by atoms with Crippen LogP contribution in [0, 0.1) is 0 Å². The largest absolute Gasteiger partial charge is 0.355 e. The molecule has 0 atom stereocenters. The van der Waals surface area contributed by atoms with E-state index < -0.39 is 0 Å². The van der Waals surface area contributed by atoms with Gasteiger partial charge in [-0.25, -0.2) is 0 Å². The number of benzene rings is 1. The number of amides is 1. The first-order valence-electron chi connectivity index (χ1n) is 6.93. The summed E-state index contributed by atoms with van der Waals surface area (Å²) < 4.78 is 0. The number of nitrogens with one attached hydrogen (secondary N) is 1. The number of nitrogens with zero attached hydrogens (tertiary/aromatic N) is 1. The molecule has 0 bridgehead atoms. The Morgan fingerprint density at radius 2 is 2.10 bits per heavy atom. The van der Waals surface area contributed by atoms with E-state index in [-0.39, 0.29) is 5.91 Å². The smallest absolute Gasteiger partial charge is 0.224 e. The molecule has 3 rings (SSSR count). The summed E-state index contributed by atoms with van der Waals surface area (Å²) in [6.45, 7) is 0.638. The van der Waals surface area contributed by atoms with E-state index in [0.717, 1.165) is 22.9 Å². The quantitative estimate of drug-likeness (QED) is 0.785. The molecule has 21 heavy (non-hydrogen) atoms. The summed E-state index contributed by atoms with van der Waals surface area (Å²) in [7, 11) is 0. The van der Waals surface area contributed by atoms with Crippen molar-refractivity contribution >= 4 is 28.1 Å². The average Bonchev–Trinajstić information content (AvgIpc) is 3.00. The highest BCUT2D eigenvalue weighted by Crippen LogP contribution is 2.16. The molecule has 0 aliphatic carbocycles. The Morgan fingerprint density at radius 3 is 2.95 bits per heavy atom. The fourth-order valence-corrected chi connectivity index (χ4v) is 3.02. The monoisotopic (exact) mass is 296 g/mol. The number of carbonyl (C=O) groups is 1. The molecule has 0 aliphatic heterocycles. The van der Waals surface area contributed by atoms with Crippen LogP contribution in [-0.2, 0) is 17.6 Å². The first-order valence-corrected chi connectivity index (χ1v) is 7.87. The standard InChI is InChI=1S/C17H16N2OS/c20-16(11-13-7-10-21-12-13)18-9-6-15-4-1-3-14-5-2-8-19-17(14)15/h1-5,7-8,10,12H,6,9,11H2,(H,18,20). The van der Waals surface area contributed by atoms with E-state index in [4.69, 9.17) is 0 Å². The van der Waals surface area contributed by atoms with Gasteiger partial charge in [-0.2, -0.15) is 11.3 Å². The summed E-state index contributed by atoms with van der Waals surface area (Å²) in [6, 6.07) is 12.1. The Balaban J connectivity index is 1.58. The minimum atomic E-state index is 0.0709. The van der Waals surface area contributed by atoms with Crippen LogP contribution in [0.3, 0.4) is 0 Å². The van der Waals surface area contributed by atoms with Gasteiger partial charge in [-0.15, -0.1) is 0 Å². The van der Waals surface area contributed by atoms with E-state index in [1.54, 1.807) is 17.5 Å². The number of fused-ring (bicyclic) bond motifs is 1. The molecule has 0 spiro atoms. The fraction of sp³-hybridized carbons (Fsp3) is 0.176. The fourth-order valence-electron chi connectivity index (χ4n) is 2.35. The van der Waals surface area contributed by atoms with Gasteiger partial charge in [0, 0.05) is 18.1 Å². The number of pyridine rings is 1. The van der Waals surface area contributed by atoms with E-state index in [1.165, 1.54) is 5.56 Å². The maximum atomic E-state index is 11.8. The Hall–Kier alpha value is -2.20. The molecule has 0 fully saturated rings. The van der Waals surface area contributed by atoms with E-state index >= 15 is 0 Å². The molecule has 0 saturated carbocycles. The molecule has 1 aromatic carbocycles. The molecular formula is C17H16N2OS. The summed E-state index contributed by atoms with van der Waals surface area (Å²) in [5, 5.41) is 8.11. The molecule has 4 heteroatoms. The molecule has 2 aromatic heterocycles. The summed E-state index contributed by atoms with van der Waals surface area (Å²) in [5.41, 5.74) is 3.26. The maximum absolute atomic E-state index is 11.8. The van der Waals surface area contributed by atoms with Gasteiger partial charge in [0.2, 0.25) is 5.91 Å². The highest BCUT2D eigenvalue weighted by molar-refractivity contribution is 7.07. The minimum Gasteiger partial charge on any atom is -0.355 e. The van der Waals surface area contributed by atoms with Crippen LogP contribution in [0.2, 0.25) is 0 Å². The highest BCUT2D eigenvalue weighted by Gasteiger charge is 2.05. The van der Waals surface area contributed by atoms with Gasteiger partial charge in [0.15, 0.2) is 0 Å². The Bertz CT molecular complexity index is 732. The van der Waals surface area contributed by atoms with Crippen LogP contribution in [0.1, 0.15) is 11.1 Å². The van der Waals surface area contributed by atoms with Crippen LogP contribution in [0.5, 0.6) is 0 Å². The molecule has 0 radical (unpaired) electrons. The second-order valence-corrected chi connectivity index (χ2v) is 5.68. The van der Waals surface area contributed by atoms with Gasteiger partial charge in [0.25, 0.3) is 0 Å². The molecule has 106 valence electrons. The van der Waals surface area contributed by atoms with Crippen LogP contribution in [0.25, 0.3) is 10.9 Å². The van der Waals surface area contributed by atoms with Crippen LogP contribution in [0.15, 0.2) is 53.4 Å². The molecular weight excluding hydrogens is 280 g/mol. The number of hydrogen-bond acceptors (Lipinski definition) is 3. The lowest BCUT2D eigenvalue weighted by Crippen LogP contribution is -2.27. The Kier molecular flexibility index (Phi) is 4.26. The van der Waals surface area contributed by atoms with Crippen LogP contribution in [0.4, 0.5) is 0 Å². The average molecular weight is 296 g/mol. The van der Waals surface area contributed by atoms with E-state index in [1.807, 2.05) is 29.0 Å². The maximum Gasteiger partial charge on any atom is 0.224 e. The lowest BCUT2D eigenvalue weighted by molar-refractivity contribution is -0.120. The SMILES string of the molecule is O=C(Cc1ccsc1)NCCc1cccc2cccnc12. The third kappa shape index (κ3) is 3.47. The normalized spacial score (nSPS) is 10.7. The van der Waals surface area contributed by atoms with E-state index in [9.17, 15) is 4.79 Å². The van der Waals surface area contributed by atoms with Crippen molar-refractivity contribution < 1.29 is 4.79 Å². The van der Waals surface area contributed by atoms with Crippen LogP contribution in [-0.4, -0.2) is 17.4 Å². The van der Waals surface area contributed by atoms with Crippen LogP contribution >= 0.6 is 11.3 Å². The van der Waals surface area contributed by atoms with Crippen molar-refractivity contribution in [1.82, 2.24) is 10.3 Å². The first-order chi connectivity index (χ1) is 10.3. The zero-order chi connectivity index (χ0) is 14.5. The lowest BCUT2D eigenvalue weighted by atomic mass is 10.1. The molecule has 0 saturated heterocycles. The molecule has 3 aromatic rings. The summed E-state index contributed by atoms with van der Waals surface area (Å²) in [6.07, 6.45) is 3.06. The zero-order valence-electron chi connectivity index (χ0n) is 11.6. The van der Waals surface area contributed by atoms with Crippen molar-refractivity contribution in [3.05, 3.63) is 64.5 Å². The Labute approximate surface area is 127 Å². The second kappa shape index (κ2) is 6.50. The number of para-hydroxylation sites is 1. The minimum absolute atomic E-state index is 0.0709. The van der Waals surface area contributed by atoms with Crippen molar-refractivity contribution in [2.75, 3.05) is 6.54 Å². The molecule has 0 aliphatic rings. The second-order valence-electron chi connectivity index (χ2n) is 4.90. The first kappa shape index (κ1) is 13.8. The topological polar surface area (TPSA) is 42.0 Å². The van der Waals surface area contributed by atoms with Gasteiger partial charge in [-0.05, 0) is 40.4 Å². The molecule has 2 heterocycles. The van der Waals surface area contributed by atoms with Gasteiger partial charge in [0.05, 0.1) is 11.9 Å². The molecule has 1 N–H and O–H groups in total. The number of thiophene rings is 1. The summed E-state index contributed by atoms with van der Waals surface area (Å²) in [5.74, 6) is 0.0709. The predicted octanol–water partition coefficient (Wildman–Crippen LogP) is 3.20. The number of rotatable bonds is 5. The van der Waals surface area contributed by atoms with Gasteiger partial charge in [0.1, 0.15) is 0 Å². The number of carbonyl (C=O) groups excluding carboxylic acids is 1. The summed E-state index contributed by atoms with van der Waals surface area (Å²) >= 11 is 1.62. The third-order valence-corrected chi connectivity index (χ3v) is 4.11. The van der Waals surface area contributed by atoms with Crippen molar-refractivity contribution in [1.29, 1.82) is 0 Å². The van der Waals surface area contributed by atoms with Gasteiger partial charge < -0.3 is 5.32 Å². The highest BCUT2D eigenvalue weighted by atomic mass is 32.1. The van der Waals surface area contributed by atoms with Crippen molar-refractivity contribution in [3.8, 4) is 0 Å². The number of aromatic nitrogens is 1. The van der Waals surface area contributed by atoms with E-state index in [2.05, 4.69) is 28.5 Å². The van der Waals surface area contributed by atoms with E-state index in [0.29, 0.717) is 13.0 Å². The van der Waals surface area contributed by atoms with Gasteiger partial charge >= 0.3 is 0 Å². The van der Waals surface area contributed by atoms with Crippen molar-refractivity contribution in [2.24, 2.45) is 0 Å². The summed E-state index contributed by atoms with van der Waals surface area (Å²) in [4.78, 5) is 16.3. The van der Waals surface area contributed by atoms with Crippen LogP contribution < -0.4 is 5.32 Å². The number of hydrogen-bond donors (Lipinski definition) is 1. The van der Waals surface area contributed by atoms with Crippen molar-refractivity contribution in [2.45, 2.75) is 12.8 Å². The van der Waals surface area contributed by atoms with Gasteiger partial charge in [-0.3, -0.25) is 9.78 Å². The third-order valence-electron chi connectivity index (χ3n) is 3.38. The molecule has 3 nitrogen and oxygen atoms in total.